The number of aromatic amines is 1. The number of rotatable bonds is 1. The molecule has 0 amide bonds. The number of hydrogen-bond acceptors (Lipinski definition) is 1. The molecule has 0 saturated carbocycles. The Labute approximate surface area is 85.3 Å². The molecule has 4 heteroatoms. The third-order valence-electron chi connectivity index (χ3n) is 2.16. The van der Waals surface area contributed by atoms with Crippen molar-refractivity contribution in [1.29, 1.82) is 0 Å². The molecule has 0 spiro atoms. The highest BCUT2D eigenvalue weighted by Crippen LogP contribution is 2.25. The Morgan fingerprint density at radius 3 is 2.86 bits per heavy atom. The van der Waals surface area contributed by atoms with E-state index in [-0.39, 0.29) is 0 Å². The van der Waals surface area contributed by atoms with Gasteiger partial charge in [0.05, 0.1) is 5.56 Å². The minimum absolute atomic E-state index is 0.294. The number of hydrogen-bond donors (Lipinski definition) is 2. The van der Waals surface area contributed by atoms with Gasteiger partial charge in [-0.3, -0.25) is 0 Å². The number of H-pyrrole nitrogens is 1. The van der Waals surface area contributed by atoms with Gasteiger partial charge in [0.1, 0.15) is 0 Å². The standard InChI is InChI=1S/C10H8ClNO2/c1-5-9(10(13)14)7-4-6(11)2-3-8(7)12-5/h2-4,12H,1H3,(H,13,14). The summed E-state index contributed by atoms with van der Waals surface area (Å²) in [5, 5.41) is 10.2. The summed E-state index contributed by atoms with van der Waals surface area (Å²) in [7, 11) is 0. The van der Waals surface area contributed by atoms with Crippen molar-refractivity contribution in [3.8, 4) is 0 Å². The SMILES string of the molecule is Cc1[nH]c2ccc(Cl)cc2c1C(=O)O. The molecule has 1 heterocycles. The van der Waals surface area contributed by atoms with E-state index in [1.165, 1.54) is 0 Å². The maximum Gasteiger partial charge on any atom is 0.338 e. The number of halogens is 1. The first-order valence-electron chi connectivity index (χ1n) is 4.10. The van der Waals surface area contributed by atoms with Crippen LogP contribution < -0.4 is 0 Å². The number of benzene rings is 1. The lowest BCUT2D eigenvalue weighted by Crippen LogP contribution is -1.96. The van der Waals surface area contributed by atoms with E-state index in [9.17, 15) is 4.79 Å². The predicted molar refractivity (Wildman–Crippen MR) is 55.0 cm³/mol. The molecular formula is C10H8ClNO2. The minimum Gasteiger partial charge on any atom is -0.478 e. The summed E-state index contributed by atoms with van der Waals surface area (Å²) in [4.78, 5) is 13.9. The Morgan fingerprint density at radius 1 is 1.50 bits per heavy atom. The molecule has 0 bridgehead atoms. The second-order valence-corrected chi connectivity index (χ2v) is 3.56. The molecule has 0 fully saturated rings. The van der Waals surface area contributed by atoms with Crippen molar-refractivity contribution in [3.63, 3.8) is 0 Å². The molecular weight excluding hydrogens is 202 g/mol. The topological polar surface area (TPSA) is 53.1 Å². The maximum atomic E-state index is 10.9. The van der Waals surface area contributed by atoms with Gasteiger partial charge in [0.25, 0.3) is 0 Å². The highest BCUT2D eigenvalue weighted by Gasteiger charge is 2.14. The summed E-state index contributed by atoms with van der Waals surface area (Å²) in [6.45, 7) is 1.73. The molecule has 0 radical (unpaired) electrons. The molecule has 0 aliphatic heterocycles. The number of carbonyl (C=O) groups is 1. The average molecular weight is 210 g/mol. The van der Waals surface area contributed by atoms with E-state index in [0.717, 1.165) is 5.52 Å². The first-order valence-corrected chi connectivity index (χ1v) is 4.48. The Balaban J connectivity index is 2.86. The van der Waals surface area contributed by atoms with Gasteiger partial charge in [-0.05, 0) is 25.1 Å². The normalized spacial score (nSPS) is 10.7. The second kappa shape index (κ2) is 3.03. The van der Waals surface area contributed by atoms with E-state index in [1.54, 1.807) is 25.1 Å². The summed E-state index contributed by atoms with van der Waals surface area (Å²) < 4.78 is 0. The minimum atomic E-state index is -0.934. The van der Waals surface area contributed by atoms with Crippen LogP contribution in [0.1, 0.15) is 16.1 Å². The van der Waals surface area contributed by atoms with Crippen LogP contribution in [0.25, 0.3) is 10.9 Å². The van der Waals surface area contributed by atoms with Gasteiger partial charge in [-0.15, -0.1) is 0 Å². The smallest absolute Gasteiger partial charge is 0.338 e. The molecule has 0 aliphatic rings. The van der Waals surface area contributed by atoms with E-state index in [2.05, 4.69) is 4.98 Å². The molecule has 2 rings (SSSR count). The van der Waals surface area contributed by atoms with Gasteiger partial charge in [-0.2, -0.15) is 0 Å². The molecule has 1 aromatic heterocycles. The number of fused-ring (bicyclic) bond motifs is 1. The number of nitrogens with one attached hydrogen (secondary N) is 1. The zero-order valence-electron chi connectivity index (χ0n) is 7.47. The van der Waals surface area contributed by atoms with Crippen molar-refractivity contribution in [2.45, 2.75) is 6.92 Å². The van der Waals surface area contributed by atoms with Crippen LogP contribution in [-0.4, -0.2) is 16.1 Å². The maximum absolute atomic E-state index is 10.9. The Hall–Kier alpha value is -1.48. The zero-order chi connectivity index (χ0) is 10.3. The van der Waals surface area contributed by atoms with Crippen LogP contribution in [0.4, 0.5) is 0 Å². The molecule has 14 heavy (non-hydrogen) atoms. The average Bonchev–Trinajstić information content (AvgIpc) is 2.40. The quantitative estimate of drug-likeness (QED) is 0.759. The van der Waals surface area contributed by atoms with Gasteiger partial charge in [-0.1, -0.05) is 11.6 Å². The molecule has 0 atom stereocenters. The number of aromatic carboxylic acids is 1. The van der Waals surface area contributed by atoms with E-state index in [4.69, 9.17) is 16.7 Å². The first-order chi connectivity index (χ1) is 6.59. The molecule has 1 aromatic carbocycles. The van der Waals surface area contributed by atoms with Crippen LogP contribution in [0.15, 0.2) is 18.2 Å². The fraction of sp³-hybridized carbons (Fsp3) is 0.100. The van der Waals surface area contributed by atoms with Crippen molar-refractivity contribution >= 4 is 28.5 Å². The number of aryl methyl sites for hydroxylation is 1. The number of carboxylic acids is 1. The summed E-state index contributed by atoms with van der Waals surface area (Å²) in [6.07, 6.45) is 0. The lowest BCUT2D eigenvalue weighted by atomic mass is 10.1. The molecule has 3 nitrogen and oxygen atoms in total. The van der Waals surface area contributed by atoms with E-state index in [0.29, 0.717) is 21.7 Å². The Bertz CT molecular complexity index is 516. The van der Waals surface area contributed by atoms with Crippen LogP contribution >= 0.6 is 11.6 Å². The van der Waals surface area contributed by atoms with Crippen molar-refractivity contribution < 1.29 is 9.90 Å². The third-order valence-corrected chi connectivity index (χ3v) is 2.40. The first kappa shape index (κ1) is 9.09. The van der Waals surface area contributed by atoms with Gasteiger partial charge in [0.2, 0.25) is 0 Å². The van der Waals surface area contributed by atoms with Crippen LogP contribution in [0.3, 0.4) is 0 Å². The largest absolute Gasteiger partial charge is 0.478 e. The van der Waals surface area contributed by atoms with Crippen LogP contribution in [0.2, 0.25) is 5.02 Å². The van der Waals surface area contributed by atoms with Gasteiger partial charge in [0, 0.05) is 21.6 Å². The van der Waals surface area contributed by atoms with Gasteiger partial charge in [0.15, 0.2) is 0 Å². The Kier molecular flexibility index (Phi) is 1.97. The monoisotopic (exact) mass is 209 g/mol. The molecule has 72 valence electrons. The second-order valence-electron chi connectivity index (χ2n) is 3.12. The van der Waals surface area contributed by atoms with Crippen molar-refractivity contribution in [3.05, 3.63) is 34.5 Å². The van der Waals surface area contributed by atoms with Gasteiger partial charge >= 0.3 is 5.97 Å². The molecule has 2 N–H and O–H groups in total. The predicted octanol–water partition coefficient (Wildman–Crippen LogP) is 2.83. The molecule has 0 aliphatic carbocycles. The summed E-state index contributed by atoms with van der Waals surface area (Å²) in [5.41, 5.74) is 1.74. The summed E-state index contributed by atoms with van der Waals surface area (Å²) >= 11 is 5.80. The molecule has 0 saturated heterocycles. The van der Waals surface area contributed by atoms with E-state index >= 15 is 0 Å². The highest BCUT2D eigenvalue weighted by atomic mass is 35.5. The van der Waals surface area contributed by atoms with Crippen molar-refractivity contribution in [2.75, 3.05) is 0 Å². The fourth-order valence-electron chi connectivity index (χ4n) is 1.57. The third kappa shape index (κ3) is 1.26. The summed E-state index contributed by atoms with van der Waals surface area (Å²) in [5.74, 6) is -0.934. The van der Waals surface area contributed by atoms with Crippen LogP contribution in [-0.2, 0) is 0 Å². The molecule has 0 unspecified atom stereocenters. The lowest BCUT2D eigenvalue weighted by Gasteiger charge is -1.93. The van der Waals surface area contributed by atoms with Crippen molar-refractivity contribution in [1.82, 2.24) is 4.98 Å². The lowest BCUT2D eigenvalue weighted by molar-refractivity contribution is 0.0698. The van der Waals surface area contributed by atoms with Crippen LogP contribution in [0, 0.1) is 6.92 Å². The number of aromatic nitrogens is 1. The Morgan fingerprint density at radius 2 is 2.21 bits per heavy atom. The highest BCUT2D eigenvalue weighted by molar-refractivity contribution is 6.31. The van der Waals surface area contributed by atoms with Crippen LogP contribution in [0.5, 0.6) is 0 Å². The van der Waals surface area contributed by atoms with Crippen molar-refractivity contribution in [2.24, 2.45) is 0 Å². The fourth-order valence-corrected chi connectivity index (χ4v) is 1.75. The zero-order valence-corrected chi connectivity index (χ0v) is 8.22. The molecule has 2 aromatic rings. The van der Waals surface area contributed by atoms with E-state index < -0.39 is 5.97 Å². The summed E-state index contributed by atoms with van der Waals surface area (Å²) in [6, 6.07) is 5.16. The van der Waals surface area contributed by atoms with Gasteiger partial charge < -0.3 is 10.1 Å². The van der Waals surface area contributed by atoms with E-state index in [1.807, 2.05) is 0 Å². The number of carboxylic acid groups (broad SMARTS) is 1. The van der Waals surface area contributed by atoms with Gasteiger partial charge in [-0.25, -0.2) is 4.79 Å².